The van der Waals surface area contributed by atoms with Gasteiger partial charge >= 0.3 is 0 Å². The van der Waals surface area contributed by atoms with E-state index in [1.807, 2.05) is 25.3 Å². The Morgan fingerprint density at radius 3 is 2.64 bits per heavy atom. The Morgan fingerprint density at radius 1 is 1.16 bits per heavy atom. The van der Waals surface area contributed by atoms with Crippen LogP contribution in [0.25, 0.3) is 11.3 Å². The molecular formula is C19H21Cl2N3O. The van der Waals surface area contributed by atoms with Crippen LogP contribution in [0.2, 0.25) is 10.0 Å². The minimum atomic E-state index is 0.118. The number of aryl methyl sites for hydroxylation is 1. The Balaban J connectivity index is 1.55. The maximum atomic E-state index is 6.33. The van der Waals surface area contributed by atoms with Gasteiger partial charge in [0, 0.05) is 25.3 Å². The standard InChI is InChI=1S/C19H21Cl2N3O/c1-13-18(14-4-2-5-15(20)17(14)21)22-12-16(23-13)24-9-7-19(8-10-24)6-3-11-25-19/h2,4-5,12H,3,6-11H2,1H3. The largest absolute Gasteiger partial charge is 0.375 e. The normalized spacial score (nSPS) is 19.6. The van der Waals surface area contributed by atoms with E-state index in [4.69, 9.17) is 32.9 Å². The van der Waals surface area contributed by atoms with Crippen LogP contribution in [-0.2, 0) is 4.74 Å². The average Bonchev–Trinajstić information content (AvgIpc) is 3.06. The van der Waals surface area contributed by atoms with Gasteiger partial charge in [-0.2, -0.15) is 0 Å². The third-order valence-electron chi connectivity index (χ3n) is 5.32. The van der Waals surface area contributed by atoms with E-state index >= 15 is 0 Å². The molecule has 1 spiro atoms. The van der Waals surface area contributed by atoms with Gasteiger partial charge in [-0.3, -0.25) is 4.98 Å². The van der Waals surface area contributed by atoms with Crippen molar-refractivity contribution in [2.24, 2.45) is 0 Å². The average molecular weight is 378 g/mol. The van der Waals surface area contributed by atoms with Crippen molar-refractivity contribution < 1.29 is 4.74 Å². The van der Waals surface area contributed by atoms with E-state index in [1.165, 1.54) is 12.8 Å². The lowest BCUT2D eigenvalue weighted by molar-refractivity contribution is -0.0147. The molecule has 0 unspecified atom stereocenters. The minimum absolute atomic E-state index is 0.118. The van der Waals surface area contributed by atoms with E-state index in [1.54, 1.807) is 6.07 Å². The third kappa shape index (κ3) is 3.23. The molecule has 0 aliphatic carbocycles. The van der Waals surface area contributed by atoms with Gasteiger partial charge in [-0.1, -0.05) is 35.3 Å². The summed E-state index contributed by atoms with van der Waals surface area (Å²) in [7, 11) is 0. The number of benzene rings is 1. The van der Waals surface area contributed by atoms with Crippen LogP contribution in [0.15, 0.2) is 24.4 Å². The Kier molecular flexibility index (Phi) is 4.61. The molecule has 4 rings (SSSR count). The molecule has 0 atom stereocenters. The zero-order valence-corrected chi connectivity index (χ0v) is 15.8. The molecule has 6 heteroatoms. The van der Waals surface area contributed by atoms with Crippen LogP contribution >= 0.6 is 23.2 Å². The molecule has 3 heterocycles. The lowest BCUT2D eigenvalue weighted by atomic mass is 9.89. The van der Waals surface area contributed by atoms with Gasteiger partial charge in [-0.15, -0.1) is 0 Å². The second-order valence-electron chi connectivity index (χ2n) is 6.89. The van der Waals surface area contributed by atoms with Gasteiger partial charge < -0.3 is 9.64 Å². The molecule has 0 bridgehead atoms. The van der Waals surface area contributed by atoms with Crippen molar-refractivity contribution in [1.82, 2.24) is 9.97 Å². The second-order valence-corrected chi connectivity index (χ2v) is 7.67. The lowest BCUT2D eigenvalue weighted by Gasteiger charge is -2.39. The van der Waals surface area contributed by atoms with Gasteiger partial charge in [0.1, 0.15) is 5.82 Å². The van der Waals surface area contributed by atoms with E-state index in [2.05, 4.69) is 9.88 Å². The summed E-state index contributed by atoms with van der Waals surface area (Å²) in [5.74, 6) is 0.923. The van der Waals surface area contributed by atoms with Crippen LogP contribution < -0.4 is 4.90 Å². The molecule has 0 amide bonds. The molecule has 2 aromatic rings. The van der Waals surface area contributed by atoms with Gasteiger partial charge in [0.2, 0.25) is 0 Å². The number of anilines is 1. The molecule has 4 nitrogen and oxygen atoms in total. The highest BCUT2D eigenvalue weighted by atomic mass is 35.5. The molecule has 2 aliphatic heterocycles. The number of ether oxygens (including phenoxy) is 1. The molecule has 25 heavy (non-hydrogen) atoms. The highest BCUT2D eigenvalue weighted by molar-refractivity contribution is 6.43. The minimum Gasteiger partial charge on any atom is -0.375 e. The number of aromatic nitrogens is 2. The number of hydrogen-bond acceptors (Lipinski definition) is 4. The molecule has 2 saturated heterocycles. The van der Waals surface area contributed by atoms with Crippen LogP contribution in [0.3, 0.4) is 0 Å². The van der Waals surface area contributed by atoms with Crippen molar-refractivity contribution in [3.63, 3.8) is 0 Å². The van der Waals surface area contributed by atoms with E-state index in [0.29, 0.717) is 10.0 Å². The summed E-state index contributed by atoms with van der Waals surface area (Å²) in [6.07, 6.45) is 6.35. The third-order valence-corrected chi connectivity index (χ3v) is 6.14. The van der Waals surface area contributed by atoms with Gasteiger partial charge in [0.15, 0.2) is 0 Å². The zero-order chi connectivity index (χ0) is 17.4. The molecule has 2 fully saturated rings. The van der Waals surface area contributed by atoms with Gasteiger partial charge in [-0.05, 0) is 38.7 Å². The van der Waals surface area contributed by atoms with Crippen molar-refractivity contribution in [3.8, 4) is 11.3 Å². The fraction of sp³-hybridized carbons (Fsp3) is 0.474. The first-order chi connectivity index (χ1) is 12.1. The first-order valence-corrected chi connectivity index (χ1v) is 9.51. The number of rotatable bonds is 2. The zero-order valence-electron chi connectivity index (χ0n) is 14.3. The number of halogens is 2. The monoisotopic (exact) mass is 377 g/mol. The maximum Gasteiger partial charge on any atom is 0.147 e. The summed E-state index contributed by atoms with van der Waals surface area (Å²) in [5.41, 5.74) is 2.58. The molecule has 1 aromatic carbocycles. The summed E-state index contributed by atoms with van der Waals surface area (Å²) < 4.78 is 6.00. The second kappa shape index (κ2) is 6.75. The SMILES string of the molecule is Cc1nc(N2CCC3(CCCO3)CC2)cnc1-c1cccc(Cl)c1Cl. The van der Waals surface area contributed by atoms with Gasteiger partial charge in [-0.25, -0.2) is 4.98 Å². The highest BCUT2D eigenvalue weighted by Gasteiger charge is 2.38. The molecular weight excluding hydrogens is 357 g/mol. The van der Waals surface area contributed by atoms with Crippen molar-refractivity contribution in [2.75, 3.05) is 24.6 Å². The first kappa shape index (κ1) is 17.1. The summed E-state index contributed by atoms with van der Waals surface area (Å²) >= 11 is 12.5. The predicted octanol–water partition coefficient (Wildman–Crippen LogP) is 4.91. The van der Waals surface area contributed by atoms with Crippen LogP contribution in [-0.4, -0.2) is 35.3 Å². The fourth-order valence-corrected chi connectivity index (χ4v) is 4.26. The Hall–Kier alpha value is -1.36. The van der Waals surface area contributed by atoms with Crippen LogP contribution in [0.4, 0.5) is 5.82 Å². The molecule has 1 aromatic heterocycles. The highest BCUT2D eigenvalue weighted by Crippen LogP contribution is 2.37. The van der Waals surface area contributed by atoms with Crippen LogP contribution in [0.5, 0.6) is 0 Å². The first-order valence-electron chi connectivity index (χ1n) is 8.75. The quantitative estimate of drug-likeness (QED) is 0.745. The Labute approximate surface area is 158 Å². The number of nitrogens with zero attached hydrogens (tertiary/aromatic N) is 3. The Morgan fingerprint density at radius 2 is 1.96 bits per heavy atom. The number of hydrogen-bond donors (Lipinski definition) is 0. The summed E-state index contributed by atoms with van der Waals surface area (Å²) in [6.45, 7) is 4.80. The smallest absolute Gasteiger partial charge is 0.147 e. The summed E-state index contributed by atoms with van der Waals surface area (Å²) in [4.78, 5) is 11.7. The molecule has 0 N–H and O–H groups in total. The van der Waals surface area contributed by atoms with E-state index in [-0.39, 0.29) is 5.60 Å². The van der Waals surface area contributed by atoms with Gasteiger partial charge in [0.05, 0.1) is 33.2 Å². The van der Waals surface area contributed by atoms with Gasteiger partial charge in [0.25, 0.3) is 0 Å². The molecule has 132 valence electrons. The van der Waals surface area contributed by atoms with E-state index in [9.17, 15) is 0 Å². The fourth-order valence-electron chi connectivity index (χ4n) is 3.87. The van der Waals surface area contributed by atoms with Crippen molar-refractivity contribution in [1.29, 1.82) is 0 Å². The lowest BCUT2D eigenvalue weighted by Crippen LogP contribution is -2.44. The topological polar surface area (TPSA) is 38.2 Å². The predicted molar refractivity (Wildman–Crippen MR) is 102 cm³/mol. The maximum absolute atomic E-state index is 6.33. The van der Waals surface area contributed by atoms with Crippen molar-refractivity contribution >= 4 is 29.0 Å². The summed E-state index contributed by atoms with van der Waals surface area (Å²) in [5, 5.41) is 1.05. The van der Waals surface area contributed by atoms with E-state index in [0.717, 1.165) is 55.3 Å². The molecule has 2 aliphatic rings. The molecule has 0 radical (unpaired) electrons. The van der Waals surface area contributed by atoms with Crippen LogP contribution in [0.1, 0.15) is 31.4 Å². The number of piperidine rings is 1. The summed E-state index contributed by atoms with van der Waals surface area (Å²) in [6, 6.07) is 5.58. The molecule has 0 saturated carbocycles. The van der Waals surface area contributed by atoms with E-state index < -0.39 is 0 Å². The van der Waals surface area contributed by atoms with Crippen molar-refractivity contribution in [3.05, 3.63) is 40.1 Å². The Bertz CT molecular complexity index is 780. The van der Waals surface area contributed by atoms with Crippen LogP contribution in [0, 0.1) is 6.92 Å². The van der Waals surface area contributed by atoms with Crippen molar-refractivity contribution in [2.45, 2.75) is 38.2 Å².